The second-order valence-corrected chi connectivity index (χ2v) is 7.93. The van der Waals surface area contributed by atoms with Crippen LogP contribution < -0.4 is 0 Å². The summed E-state index contributed by atoms with van der Waals surface area (Å²) in [6.07, 6.45) is 0. The van der Waals surface area contributed by atoms with Crippen molar-refractivity contribution < 1.29 is 9.59 Å². The molecule has 128 valence electrons. The highest BCUT2D eigenvalue weighted by Crippen LogP contribution is 2.34. The first kappa shape index (κ1) is 17.2. The van der Waals surface area contributed by atoms with Gasteiger partial charge in [0.25, 0.3) is 5.91 Å². The summed E-state index contributed by atoms with van der Waals surface area (Å²) in [6.45, 7) is 10.5. The zero-order chi connectivity index (χ0) is 17.4. The van der Waals surface area contributed by atoms with E-state index in [9.17, 15) is 9.59 Å². The molecular weight excluding hydrogens is 390 g/mol. The Morgan fingerprint density at radius 3 is 2.42 bits per heavy atom. The standard InChI is InChI=1S/C17H20BrN3O2S/c1-11(2)9-21-14(8-15-16(21)13(18)10-24-15)17(23)20-6-4-19(5-7-20)12(3)22/h8,10H,1,4-7,9H2,2-3H3. The van der Waals surface area contributed by atoms with E-state index in [1.54, 1.807) is 23.2 Å². The molecule has 0 spiro atoms. The van der Waals surface area contributed by atoms with Crippen molar-refractivity contribution in [2.75, 3.05) is 26.2 Å². The van der Waals surface area contributed by atoms with E-state index < -0.39 is 0 Å². The summed E-state index contributed by atoms with van der Waals surface area (Å²) in [7, 11) is 0. The Hall–Kier alpha value is -1.60. The summed E-state index contributed by atoms with van der Waals surface area (Å²) in [4.78, 5) is 28.1. The molecule has 24 heavy (non-hydrogen) atoms. The molecule has 1 aliphatic heterocycles. The fourth-order valence-electron chi connectivity index (χ4n) is 3.03. The first-order valence-corrected chi connectivity index (χ1v) is 9.51. The number of allylic oxidation sites excluding steroid dienone is 1. The maximum absolute atomic E-state index is 13.0. The fourth-order valence-corrected chi connectivity index (χ4v) is 4.72. The fraction of sp³-hybridized carbons (Fsp3) is 0.412. The van der Waals surface area contributed by atoms with E-state index in [4.69, 9.17) is 0 Å². The molecular formula is C17H20BrN3O2S. The van der Waals surface area contributed by atoms with Crippen LogP contribution in [-0.2, 0) is 11.3 Å². The lowest BCUT2D eigenvalue weighted by atomic mass is 10.2. The lowest BCUT2D eigenvalue weighted by Crippen LogP contribution is -2.50. The van der Waals surface area contributed by atoms with E-state index in [2.05, 4.69) is 22.5 Å². The lowest BCUT2D eigenvalue weighted by molar-refractivity contribution is -0.130. The highest BCUT2D eigenvalue weighted by atomic mass is 79.9. The maximum atomic E-state index is 13.0. The number of carbonyl (C=O) groups excluding carboxylic acids is 2. The minimum Gasteiger partial charge on any atom is -0.339 e. The van der Waals surface area contributed by atoms with Crippen LogP contribution in [0.25, 0.3) is 10.2 Å². The molecule has 0 N–H and O–H groups in total. The van der Waals surface area contributed by atoms with E-state index in [0.717, 1.165) is 20.3 Å². The summed E-state index contributed by atoms with van der Waals surface area (Å²) in [5, 5.41) is 2.04. The summed E-state index contributed by atoms with van der Waals surface area (Å²) >= 11 is 5.20. The number of amides is 2. The Morgan fingerprint density at radius 1 is 1.21 bits per heavy atom. The van der Waals surface area contributed by atoms with E-state index >= 15 is 0 Å². The van der Waals surface area contributed by atoms with Crippen LogP contribution in [0.4, 0.5) is 0 Å². The number of aromatic nitrogens is 1. The summed E-state index contributed by atoms with van der Waals surface area (Å²) < 4.78 is 4.14. The molecule has 0 radical (unpaired) electrons. The average Bonchev–Trinajstić information content (AvgIpc) is 3.07. The predicted octanol–water partition coefficient (Wildman–Crippen LogP) is 3.35. The van der Waals surface area contributed by atoms with Crippen LogP contribution in [0.3, 0.4) is 0 Å². The van der Waals surface area contributed by atoms with Crippen molar-refractivity contribution in [2.45, 2.75) is 20.4 Å². The van der Waals surface area contributed by atoms with Crippen LogP contribution in [0, 0.1) is 0 Å². The van der Waals surface area contributed by atoms with E-state index in [-0.39, 0.29) is 11.8 Å². The van der Waals surface area contributed by atoms with Gasteiger partial charge in [-0.1, -0.05) is 12.2 Å². The van der Waals surface area contributed by atoms with E-state index in [0.29, 0.717) is 38.4 Å². The Morgan fingerprint density at radius 2 is 1.83 bits per heavy atom. The molecule has 3 rings (SSSR count). The van der Waals surface area contributed by atoms with Crippen LogP contribution in [0.1, 0.15) is 24.3 Å². The van der Waals surface area contributed by atoms with Crippen LogP contribution in [0.15, 0.2) is 28.1 Å². The SMILES string of the molecule is C=C(C)Cn1c(C(=O)N2CCN(C(C)=O)CC2)cc2scc(Br)c21. The van der Waals surface area contributed by atoms with Crippen molar-refractivity contribution in [3.8, 4) is 0 Å². The molecule has 2 amide bonds. The molecule has 2 aromatic heterocycles. The number of rotatable bonds is 3. The number of piperazine rings is 1. The first-order valence-electron chi connectivity index (χ1n) is 7.84. The van der Waals surface area contributed by atoms with Crippen LogP contribution in [0.2, 0.25) is 0 Å². The second kappa shape index (κ2) is 6.72. The number of hydrogen-bond donors (Lipinski definition) is 0. The lowest BCUT2D eigenvalue weighted by Gasteiger charge is -2.34. The van der Waals surface area contributed by atoms with Gasteiger partial charge >= 0.3 is 0 Å². The largest absolute Gasteiger partial charge is 0.339 e. The minimum atomic E-state index is 0.0229. The predicted molar refractivity (Wildman–Crippen MR) is 100 cm³/mol. The average molecular weight is 410 g/mol. The Bertz CT molecular complexity index is 815. The van der Waals surface area contributed by atoms with E-state index in [1.165, 1.54) is 0 Å². The highest BCUT2D eigenvalue weighted by Gasteiger charge is 2.27. The van der Waals surface area contributed by atoms with Gasteiger partial charge in [-0.2, -0.15) is 0 Å². The van der Waals surface area contributed by atoms with Gasteiger partial charge < -0.3 is 14.4 Å². The summed E-state index contributed by atoms with van der Waals surface area (Å²) in [5.74, 6) is 0.0898. The van der Waals surface area contributed by atoms with Gasteiger partial charge in [0.15, 0.2) is 0 Å². The van der Waals surface area contributed by atoms with Crippen LogP contribution in [-0.4, -0.2) is 52.4 Å². The van der Waals surface area contributed by atoms with Crippen LogP contribution >= 0.6 is 27.3 Å². The molecule has 0 aromatic carbocycles. The van der Waals surface area contributed by atoms with Gasteiger partial charge in [-0.15, -0.1) is 11.3 Å². The van der Waals surface area contributed by atoms with Gasteiger partial charge in [0, 0.05) is 45.0 Å². The van der Waals surface area contributed by atoms with Crippen molar-refractivity contribution in [3.05, 3.63) is 33.8 Å². The molecule has 0 atom stereocenters. The number of fused-ring (bicyclic) bond motifs is 1. The molecule has 3 heterocycles. The van der Waals surface area contributed by atoms with Gasteiger partial charge in [0.1, 0.15) is 5.69 Å². The second-order valence-electron chi connectivity index (χ2n) is 6.17. The van der Waals surface area contributed by atoms with Crippen molar-refractivity contribution in [1.82, 2.24) is 14.4 Å². The van der Waals surface area contributed by atoms with Crippen LogP contribution in [0.5, 0.6) is 0 Å². The quantitative estimate of drug-likeness (QED) is 0.729. The zero-order valence-corrected chi connectivity index (χ0v) is 16.2. The van der Waals surface area contributed by atoms with Crippen molar-refractivity contribution >= 4 is 49.3 Å². The number of carbonyl (C=O) groups is 2. The Balaban J connectivity index is 1.90. The van der Waals surface area contributed by atoms with Crippen molar-refractivity contribution in [2.24, 2.45) is 0 Å². The highest BCUT2D eigenvalue weighted by molar-refractivity contribution is 9.10. The van der Waals surface area contributed by atoms with Gasteiger partial charge in [-0.3, -0.25) is 9.59 Å². The molecule has 0 saturated carbocycles. The molecule has 1 saturated heterocycles. The molecule has 2 aromatic rings. The maximum Gasteiger partial charge on any atom is 0.270 e. The monoisotopic (exact) mass is 409 g/mol. The third-order valence-electron chi connectivity index (χ3n) is 4.24. The number of thiophene rings is 1. The Labute approximate surface area is 153 Å². The molecule has 0 aliphatic carbocycles. The summed E-state index contributed by atoms with van der Waals surface area (Å²) in [5.41, 5.74) is 2.74. The molecule has 1 fully saturated rings. The van der Waals surface area contributed by atoms with Crippen molar-refractivity contribution in [1.29, 1.82) is 0 Å². The van der Waals surface area contributed by atoms with Gasteiger partial charge in [0.2, 0.25) is 5.91 Å². The third-order valence-corrected chi connectivity index (χ3v) is 6.06. The molecule has 7 heteroatoms. The number of nitrogens with zero attached hydrogens (tertiary/aromatic N) is 3. The molecule has 0 unspecified atom stereocenters. The van der Waals surface area contributed by atoms with E-state index in [1.807, 2.05) is 27.8 Å². The summed E-state index contributed by atoms with van der Waals surface area (Å²) in [6, 6.07) is 1.97. The molecule has 5 nitrogen and oxygen atoms in total. The normalized spacial score (nSPS) is 15.1. The topological polar surface area (TPSA) is 45.6 Å². The van der Waals surface area contributed by atoms with Crippen molar-refractivity contribution in [3.63, 3.8) is 0 Å². The number of halogens is 1. The Kier molecular flexibility index (Phi) is 4.83. The third kappa shape index (κ3) is 3.15. The molecule has 1 aliphatic rings. The van der Waals surface area contributed by atoms with Gasteiger partial charge in [-0.25, -0.2) is 0 Å². The zero-order valence-electron chi connectivity index (χ0n) is 13.8. The van der Waals surface area contributed by atoms with Gasteiger partial charge in [0.05, 0.1) is 14.7 Å². The van der Waals surface area contributed by atoms with Gasteiger partial charge in [-0.05, 0) is 28.9 Å². The smallest absolute Gasteiger partial charge is 0.270 e. The molecule has 0 bridgehead atoms. The minimum absolute atomic E-state index is 0.0229. The number of hydrogen-bond acceptors (Lipinski definition) is 3. The first-order chi connectivity index (χ1) is 11.4.